The molecule has 1 N–H and O–H groups in total. The molecule has 58 valence electrons. The molecule has 0 bridgehead atoms. The third-order valence-corrected chi connectivity index (χ3v) is 0.588. The predicted octanol–water partition coefficient (Wildman–Crippen LogP) is 0.714. The second-order valence-electron chi connectivity index (χ2n) is 1.19. The normalized spacial score (nSPS) is 8.20. The van der Waals surface area contributed by atoms with Gasteiger partial charge in [-0.15, -0.1) is 5.48 Å². The van der Waals surface area contributed by atoms with Gasteiger partial charge in [0.2, 0.25) is 0 Å². The van der Waals surface area contributed by atoms with Crippen LogP contribution in [0.2, 0.25) is 0 Å². The molecule has 0 fully saturated rings. The van der Waals surface area contributed by atoms with Gasteiger partial charge in [-0.1, -0.05) is 12.6 Å². The Balaban J connectivity index is 3.30. The molecule has 0 aromatic carbocycles. The van der Waals surface area contributed by atoms with Crippen LogP contribution in [-0.4, -0.2) is 18.0 Å². The molecule has 0 saturated heterocycles. The quantitative estimate of drug-likeness (QED) is 0.443. The van der Waals surface area contributed by atoms with Crippen LogP contribution in [0.25, 0.3) is 0 Å². The highest BCUT2D eigenvalue weighted by Crippen LogP contribution is 1.82. The first-order chi connectivity index (χ1) is 4.66. The molecule has 0 aliphatic rings. The minimum atomic E-state index is -0.895. The van der Waals surface area contributed by atoms with Crippen LogP contribution < -0.4 is 5.48 Å². The van der Waals surface area contributed by atoms with Gasteiger partial charge >= 0.3 is 11.4 Å². The first-order valence-corrected chi connectivity index (χ1v) is 2.94. The van der Waals surface area contributed by atoms with Crippen molar-refractivity contribution in [3.05, 3.63) is 0 Å². The molecular weight excluding hydrogens is 158 g/mol. The summed E-state index contributed by atoms with van der Waals surface area (Å²) in [7, 11) is 0. The molecule has 0 heterocycles. The molecule has 10 heavy (non-hydrogen) atoms. The van der Waals surface area contributed by atoms with Gasteiger partial charge in [-0.2, -0.15) is 0 Å². The maximum Gasteiger partial charge on any atom is 0.440 e. The van der Waals surface area contributed by atoms with Gasteiger partial charge in [-0.3, -0.25) is 0 Å². The van der Waals surface area contributed by atoms with Gasteiger partial charge in [0.25, 0.3) is 0 Å². The summed E-state index contributed by atoms with van der Waals surface area (Å²) >= 11 is 3.21. The topological polar surface area (TPSA) is 64.6 Å². The van der Waals surface area contributed by atoms with E-state index in [4.69, 9.17) is 0 Å². The van der Waals surface area contributed by atoms with Crippen LogP contribution in [0.15, 0.2) is 0 Å². The number of carbonyl (C=O) groups excluding carboxylic acids is 2. The summed E-state index contributed by atoms with van der Waals surface area (Å²) in [5, 5.41) is -0.895. The van der Waals surface area contributed by atoms with Gasteiger partial charge in [0, 0.05) is 0 Å². The van der Waals surface area contributed by atoms with Crippen molar-refractivity contribution in [1.29, 1.82) is 0 Å². The number of hydrogen-bond acceptors (Lipinski definition) is 4. The Morgan fingerprint density at radius 3 is 2.60 bits per heavy atom. The van der Waals surface area contributed by atoms with Crippen molar-refractivity contribution in [2.45, 2.75) is 6.92 Å². The van der Waals surface area contributed by atoms with Crippen LogP contribution in [0.1, 0.15) is 6.92 Å². The summed E-state index contributed by atoms with van der Waals surface area (Å²) in [6.07, 6.45) is -0.815. The van der Waals surface area contributed by atoms with E-state index in [2.05, 4.69) is 22.2 Å². The minimum absolute atomic E-state index is 0.218. The largest absolute Gasteiger partial charge is 0.448 e. The lowest BCUT2D eigenvalue weighted by molar-refractivity contribution is 0.0793. The smallest absolute Gasteiger partial charge is 0.440 e. The van der Waals surface area contributed by atoms with E-state index in [0.717, 1.165) is 0 Å². The summed E-state index contributed by atoms with van der Waals surface area (Å²) in [5.41, 5.74) is 1.70. The monoisotopic (exact) mass is 165 g/mol. The van der Waals surface area contributed by atoms with Crippen molar-refractivity contribution in [2.75, 3.05) is 6.61 Å². The van der Waals surface area contributed by atoms with Gasteiger partial charge in [0.1, 0.15) is 0 Å². The second-order valence-corrected chi connectivity index (χ2v) is 1.56. The molecule has 0 rings (SSSR count). The third-order valence-electron chi connectivity index (χ3n) is 0.497. The van der Waals surface area contributed by atoms with Crippen molar-refractivity contribution in [2.24, 2.45) is 0 Å². The fourth-order valence-corrected chi connectivity index (χ4v) is 0.292. The number of rotatable bonds is 1. The predicted molar refractivity (Wildman–Crippen MR) is 35.6 cm³/mol. The van der Waals surface area contributed by atoms with Crippen molar-refractivity contribution in [3.8, 4) is 0 Å². The molecule has 0 aliphatic carbocycles. The maximum atomic E-state index is 10.3. The zero-order valence-electron chi connectivity index (χ0n) is 5.29. The number of hydroxylamine groups is 1. The highest BCUT2D eigenvalue weighted by atomic mass is 32.1. The number of ether oxygens (including phenoxy) is 1. The Morgan fingerprint density at radius 2 is 2.20 bits per heavy atom. The summed E-state index contributed by atoms with van der Waals surface area (Å²) in [6, 6.07) is 0. The first kappa shape index (κ1) is 9.09. The average Bonchev–Trinajstić information content (AvgIpc) is 1.85. The number of hydrogen-bond donors (Lipinski definition) is 2. The Morgan fingerprint density at radius 1 is 1.60 bits per heavy atom. The summed E-state index contributed by atoms with van der Waals surface area (Å²) in [6.45, 7) is 1.85. The molecule has 0 aromatic heterocycles. The van der Waals surface area contributed by atoms with Crippen LogP contribution in [0.4, 0.5) is 9.59 Å². The van der Waals surface area contributed by atoms with E-state index in [-0.39, 0.29) is 6.61 Å². The Kier molecular flexibility index (Phi) is 4.47. The standard InChI is InChI=1S/C4H7NO4S/c1-2-8-3(6)5-9-4(7)10/h2H2,1H3,(H,5,6)(H,7,10). The third kappa shape index (κ3) is 5.23. The molecule has 0 spiro atoms. The van der Waals surface area contributed by atoms with E-state index in [1.165, 1.54) is 0 Å². The fraction of sp³-hybridized carbons (Fsp3) is 0.500. The molecule has 0 saturated carbocycles. The molecule has 0 radical (unpaired) electrons. The molecule has 0 atom stereocenters. The molecular formula is C4H7NO4S. The van der Waals surface area contributed by atoms with Crippen molar-refractivity contribution in [1.82, 2.24) is 5.48 Å². The van der Waals surface area contributed by atoms with Gasteiger partial charge < -0.3 is 9.57 Å². The Labute approximate surface area is 63.0 Å². The number of thiol groups is 1. The lowest BCUT2D eigenvalue weighted by Gasteiger charge is -2.01. The van der Waals surface area contributed by atoms with E-state index in [1.54, 1.807) is 12.4 Å². The molecule has 6 heteroatoms. The first-order valence-electron chi connectivity index (χ1n) is 2.49. The molecule has 0 aromatic rings. The van der Waals surface area contributed by atoms with E-state index < -0.39 is 11.4 Å². The van der Waals surface area contributed by atoms with Crippen LogP contribution in [-0.2, 0) is 9.57 Å². The van der Waals surface area contributed by atoms with Crippen LogP contribution in [0.3, 0.4) is 0 Å². The summed E-state index contributed by atoms with van der Waals surface area (Å²) in [5.74, 6) is 0. The summed E-state index contributed by atoms with van der Waals surface area (Å²) < 4.78 is 4.33. The fourth-order valence-electron chi connectivity index (χ4n) is 0.246. The van der Waals surface area contributed by atoms with Crippen LogP contribution >= 0.6 is 12.6 Å². The lowest BCUT2D eigenvalue weighted by atomic mass is 10.9. The maximum absolute atomic E-state index is 10.3. The SMILES string of the molecule is CCOC(=O)NOC(=O)S. The highest BCUT2D eigenvalue weighted by molar-refractivity contribution is 7.96. The zero-order valence-corrected chi connectivity index (χ0v) is 6.18. The number of nitrogens with one attached hydrogen (secondary N) is 1. The average molecular weight is 165 g/mol. The van der Waals surface area contributed by atoms with E-state index in [1.807, 2.05) is 0 Å². The van der Waals surface area contributed by atoms with Gasteiger partial charge in [0.05, 0.1) is 6.61 Å². The molecule has 0 aliphatic heterocycles. The van der Waals surface area contributed by atoms with Gasteiger partial charge in [-0.05, 0) is 6.92 Å². The number of amides is 1. The lowest BCUT2D eigenvalue weighted by Crippen LogP contribution is -2.25. The van der Waals surface area contributed by atoms with Gasteiger partial charge in [-0.25, -0.2) is 9.59 Å². The second kappa shape index (κ2) is 4.92. The van der Waals surface area contributed by atoms with Gasteiger partial charge in [0.15, 0.2) is 0 Å². The Bertz CT molecular complexity index is 137. The van der Waals surface area contributed by atoms with Crippen molar-refractivity contribution < 1.29 is 19.2 Å². The minimum Gasteiger partial charge on any atom is -0.448 e. The molecule has 0 unspecified atom stereocenters. The molecule has 5 nitrogen and oxygen atoms in total. The van der Waals surface area contributed by atoms with E-state index in [0.29, 0.717) is 0 Å². The van der Waals surface area contributed by atoms with Crippen molar-refractivity contribution in [3.63, 3.8) is 0 Å². The highest BCUT2D eigenvalue weighted by Gasteiger charge is 2.00. The Hall–Kier alpha value is -0.910. The van der Waals surface area contributed by atoms with Crippen molar-refractivity contribution >= 4 is 24.0 Å². The van der Waals surface area contributed by atoms with Crippen LogP contribution in [0.5, 0.6) is 0 Å². The molecule has 1 amide bonds. The van der Waals surface area contributed by atoms with Crippen LogP contribution in [0, 0.1) is 0 Å². The number of carbonyl (C=O) groups is 2. The van der Waals surface area contributed by atoms with E-state index >= 15 is 0 Å². The van der Waals surface area contributed by atoms with E-state index in [9.17, 15) is 9.59 Å². The zero-order chi connectivity index (χ0) is 7.98. The summed E-state index contributed by atoms with van der Waals surface area (Å²) in [4.78, 5) is 24.2.